The van der Waals surface area contributed by atoms with Crippen molar-refractivity contribution in [3.8, 4) is 5.75 Å². The van der Waals surface area contributed by atoms with Crippen LogP contribution in [0.2, 0.25) is 0 Å². The predicted octanol–water partition coefficient (Wildman–Crippen LogP) is 1.78. The molecule has 0 aliphatic carbocycles. The lowest BCUT2D eigenvalue weighted by Crippen LogP contribution is -2.11. The summed E-state index contributed by atoms with van der Waals surface area (Å²) in [5, 5.41) is 0. The molecular formula is C8H7BBrFO. The molecule has 0 aliphatic heterocycles. The van der Waals surface area contributed by atoms with Gasteiger partial charge < -0.3 is 4.74 Å². The standard InChI is InChI=1S/C8H7BBrFO/c1-2-12-6-4-3-5(11)7(9)8(6)10/h3-4H,2H2,1H3. The zero-order chi connectivity index (χ0) is 9.14. The molecule has 0 aromatic heterocycles. The summed E-state index contributed by atoms with van der Waals surface area (Å²) < 4.78 is 18.4. The molecule has 0 amide bonds. The predicted molar refractivity (Wildman–Crippen MR) is 50.7 cm³/mol. The van der Waals surface area contributed by atoms with Gasteiger partial charge in [0, 0.05) is 0 Å². The van der Waals surface area contributed by atoms with E-state index < -0.39 is 5.82 Å². The van der Waals surface area contributed by atoms with E-state index in [0.29, 0.717) is 16.8 Å². The molecule has 0 atom stereocenters. The highest BCUT2D eigenvalue weighted by molar-refractivity contribution is 9.10. The van der Waals surface area contributed by atoms with Gasteiger partial charge in [0.05, 0.1) is 11.1 Å². The van der Waals surface area contributed by atoms with E-state index in [1.165, 1.54) is 6.07 Å². The molecule has 0 N–H and O–H groups in total. The number of benzene rings is 1. The van der Waals surface area contributed by atoms with Crippen molar-refractivity contribution < 1.29 is 9.13 Å². The van der Waals surface area contributed by atoms with Crippen LogP contribution in [0.1, 0.15) is 6.92 Å². The van der Waals surface area contributed by atoms with Gasteiger partial charge in [-0.15, -0.1) is 0 Å². The Bertz CT molecular complexity index is 291. The molecule has 0 spiro atoms. The zero-order valence-electron chi connectivity index (χ0n) is 6.60. The van der Waals surface area contributed by atoms with Crippen molar-refractivity contribution in [2.75, 3.05) is 6.61 Å². The molecule has 62 valence electrons. The second-order valence-electron chi connectivity index (χ2n) is 2.21. The summed E-state index contributed by atoms with van der Waals surface area (Å²) >= 11 is 3.14. The Kier molecular flexibility index (Phi) is 3.15. The van der Waals surface area contributed by atoms with Gasteiger partial charge in [0.2, 0.25) is 0 Å². The minimum atomic E-state index is -0.440. The maximum Gasteiger partial charge on any atom is 0.133 e. The van der Waals surface area contributed by atoms with E-state index in [-0.39, 0.29) is 5.46 Å². The van der Waals surface area contributed by atoms with Gasteiger partial charge in [-0.3, -0.25) is 0 Å². The van der Waals surface area contributed by atoms with Gasteiger partial charge in [-0.1, -0.05) is 0 Å². The quantitative estimate of drug-likeness (QED) is 0.702. The Hall–Kier alpha value is -0.505. The van der Waals surface area contributed by atoms with Crippen molar-refractivity contribution >= 4 is 29.2 Å². The molecule has 1 aromatic carbocycles. The summed E-state index contributed by atoms with van der Waals surface area (Å²) in [6.07, 6.45) is 0. The van der Waals surface area contributed by atoms with Crippen LogP contribution < -0.4 is 10.2 Å². The molecule has 0 heterocycles. The SMILES string of the molecule is [B]c1c(F)ccc(OCC)c1Br. The second-order valence-corrected chi connectivity index (χ2v) is 3.00. The summed E-state index contributed by atoms with van der Waals surface area (Å²) in [6.45, 7) is 2.38. The lowest BCUT2D eigenvalue weighted by atomic mass is 9.95. The van der Waals surface area contributed by atoms with E-state index in [9.17, 15) is 4.39 Å². The summed E-state index contributed by atoms with van der Waals surface area (Å²) in [4.78, 5) is 0. The van der Waals surface area contributed by atoms with Gasteiger partial charge in [0.1, 0.15) is 19.4 Å². The third kappa shape index (κ3) is 1.80. The summed E-state index contributed by atoms with van der Waals surface area (Å²) in [7, 11) is 5.41. The average Bonchev–Trinajstić information content (AvgIpc) is 2.07. The smallest absolute Gasteiger partial charge is 0.133 e. The third-order valence-corrected chi connectivity index (χ3v) is 2.21. The third-order valence-electron chi connectivity index (χ3n) is 1.39. The van der Waals surface area contributed by atoms with Gasteiger partial charge in [0.15, 0.2) is 0 Å². The van der Waals surface area contributed by atoms with Crippen LogP contribution in [0.5, 0.6) is 5.75 Å². The summed E-state index contributed by atoms with van der Waals surface area (Å²) in [5.41, 5.74) is 0.0842. The molecule has 0 saturated carbocycles. The van der Waals surface area contributed by atoms with Gasteiger partial charge in [-0.05, 0) is 40.4 Å². The van der Waals surface area contributed by atoms with Crippen molar-refractivity contribution in [3.05, 3.63) is 22.4 Å². The fraction of sp³-hybridized carbons (Fsp3) is 0.250. The Balaban J connectivity index is 3.08. The Morgan fingerprint density at radius 1 is 1.58 bits per heavy atom. The molecule has 0 saturated heterocycles. The molecular weight excluding hydrogens is 222 g/mol. The lowest BCUT2D eigenvalue weighted by Gasteiger charge is -2.08. The molecule has 4 heteroatoms. The number of hydrogen-bond donors (Lipinski definition) is 0. The topological polar surface area (TPSA) is 9.23 Å². The van der Waals surface area contributed by atoms with Gasteiger partial charge in [0.25, 0.3) is 0 Å². The molecule has 1 aromatic rings. The molecule has 0 aliphatic rings. The van der Waals surface area contributed by atoms with Crippen LogP contribution in [0.25, 0.3) is 0 Å². The highest BCUT2D eigenvalue weighted by Crippen LogP contribution is 2.22. The van der Waals surface area contributed by atoms with E-state index >= 15 is 0 Å². The first-order valence-corrected chi connectivity index (χ1v) is 4.32. The molecule has 0 fully saturated rings. The van der Waals surface area contributed by atoms with E-state index in [0.717, 1.165) is 0 Å². The van der Waals surface area contributed by atoms with Gasteiger partial charge >= 0.3 is 0 Å². The maximum atomic E-state index is 12.8. The molecule has 1 rings (SSSR count). The molecule has 1 nitrogen and oxygen atoms in total. The fourth-order valence-corrected chi connectivity index (χ4v) is 1.25. The van der Waals surface area contributed by atoms with Crippen LogP contribution >= 0.6 is 15.9 Å². The second kappa shape index (κ2) is 3.94. The summed E-state index contributed by atoms with van der Waals surface area (Å²) in [6, 6.07) is 2.82. The maximum absolute atomic E-state index is 12.8. The molecule has 2 radical (unpaired) electrons. The van der Waals surface area contributed by atoms with Gasteiger partial charge in [-0.2, -0.15) is 0 Å². The zero-order valence-corrected chi connectivity index (χ0v) is 8.19. The molecule has 0 bridgehead atoms. The monoisotopic (exact) mass is 228 g/mol. The van der Waals surface area contributed by atoms with E-state index in [1.807, 2.05) is 6.92 Å². The fourth-order valence-electron chi connectivity index (χ4n) is 0.816. The van der Waals surface area contributed by atoms with Crippen molar-refractivity contribution in [1.29, 1.82) is 0 Å². The first-order valence-electron chi connectivity index (χ1n) is 3.53. The number of halogens is 2. The van der Waals surface area contributed by atoms with E-state index in [4.69, 9.17) is 12.6 Å². The number of hydrogen-bond acceptors (Lipinski definition) is 1. The summed E-state index contributed by atoms with van der Waals surface area (Å²) in [5.74, 6) is 0.127. The molecule has 0 unspecified atom stereocenters. The van der Waals surface area contributed by atoms with Crippen LogP contribution in [-0.4, -0.2) is 14.5 Å². The van der Waals surface area contributed by atoms with Crippen molar-refractivity contribution in [3.63, 3.8) is 0 Å². The number of ether oxygens (including phenoxy) is 1. The minimum Gasteiger partial charge on any atom is -0.493 e. The lowest BCUT2D eigenvalue weighted by molar-refractivity contribution is 0.338. The van der Waals surface area contributed by atoms with Crippen molar-refractivity contribution in [2.24, 2.45) is 0 Å². The Labute approximate surface area is 80.5 Å². The van der Waals surface area contributed by atoms with Crippen LogP contribution in [0, 0.1) is 5.82 Å². The van der Waals surface area contributed by atoms with Gasteiger partial charge in [-0.25, -0.2) is 4.39 Å². The van der Waals surface area contributed by atoms with E-state index in [2.05, 4.69) is 15.9 Å². The Morgan fingerprint density at radius 3 is 2.83 bits per heavy atom. The van der Waals surface area contributed by atoms with Crippen molar-refractivity contribution in [2.45, 2.75) is 6.92 Å². The van der Waals surface area contributed by atoms with E-state index in [1.54, 1.807) is 6.07 Å². The highest BCUT2D eigenvalue weighted by Gasteiger charge is 2.06. The van der Waals surface area contributed by atoms with Crippen molar-refractivity contribution in [1.82, 2.24) is 0 Å². The largest absolute Gasteiger partial charge is 0.493 e. The molecule has 12 heavy (non-hydrogen) atoms. The average molecular weight is 229 g/mol. The van der Waals surface area contributed by atoms with Crippen LogP contribution in [0.15, 0.2) is 16.6 Å². The first kappa shape index (κ1) is 9.58. The number of rotatable bonds is 2. The minimum absolute atomic E-state index is 0.0842. The van der Waals surface area contributed by atoms with Crippen LogP contribution in [0.3, 0.4) is 0 Å². The highest BCUT2D eigenvalue weighted by atomic mass is 79.9. The van der Waals surface area contributed by atoms with Crippen LogP contribution in [0.4, 0.5) is 4.39 Å². The Morgan fingerprint density at radius 2 is 2.25 bits per heavy atom. The van der Waals surface area contributed by atoms with Crippen LogP contribution in [-0.2, 0) is 0 Å². The first-order chi connectivity index (χ1) is 5.66. The normalized spacial score (nSPS) is 9.92.